The molecule has 0 heterocycles. The molecule has 0 aliphatic rings. The smallest absolute Gasteiger partial charge is 0.0475 e. The van der Waals surface area contributed by atoms with Gasteiger partial charge in [-0.15, -0.1) is 6.58 Å². The fourth-order valence-corrected chi connectivity index (χ4v) is 2.00. The Balaban J connectivity index is 2.15. The van der Waals surface area contributed by atoms with Gasteiger partial charge in [0, 0.05) is 15.8 Å². The molecule has 0 spiro atoms. The molecule has 0 aliphatic heterocycles. The molecule has 82 valence electrons. The third kappa shape index (κ3) is 5.21. The van der Waals surface area contributed by atoms with Crippen LogP contribution in [0.5, 0.6) is 0 Å². The molecule has 0 radical (unpaired) electrons. The monoisotopic (exact) mass is 315 g/mol. The Morgan fingerprint density at radius 3 is 2.73 bits per heavy atom. The van der Waals surface area contributed by atoms with Gasteiger partial charge < -0.3 is 5.32 Å². The first-order valence-corrected chi connectivity index (χ1v) is 6.52. The van der Waals surface area contributed by atoms with E-state index in [1.165, 1.54) is 28.5 Å². The Kier molecular flexibility index (Phi) is 6.48. The number of nitrogens with one attached hydrogen (secondary N) is 1. The molecule has 0 unspecified atom stereocenters. The molecule has 0 bridgehead atoms. The van der Waals surface area contributed by atoms with Gasteiger partial charge in [0.05, 0.1) is 0 Å². The molecule has 0 aliphatic carbocycles. The van der Waals surface area contributed by atoms with Gasteiger partial charge >= 0.3 is 0 Å². The second kappa shape index (κ2) is 7.74. The van der Waals surface area contributed by atoms with E-state index in [4.69, 9.17) is 0 Å². The maximum Gasteiger partial charge on any atom is 0.0475 e. The lowest BCUT2D eigenvalue weighted by molar-refractivity contribution is 0.708. The van der Waals surface area contributed by atoms with Crippen molar-refractivity contribution in [2.45, 2.75) is 25.7 Å². The lowest BCUT2D eigenvalue weighted by atomic mass is 10.2. The first-order valence-electron chi connectivity index (χ1n) is 5.44. The van der Waals surface area contributed by atoms with Gasteiger partial charge in [0.1, 0.15) is 0 Å². The van der Waals surface area contributed by atoms with Gasteiger partial charge in [-0.2, -0.15) is 0 Å². The zero-order valence-corrected chi connectivity index (χ0v) is 11.2. The van der Waals surface area contributed by atoms with Crippen molar-refractivity contribution in [3.05, 3.63) is 40.5 Å². The Labute approximate surface area is 106 Å². The zero-order valence-electron chi connectivity index (χ0n) is 9.01. The summed E-state index contributed by atoms with van der Waals surface area (Å²) >= 11 is 2.36. The van der Waals surface area contributed by atoms with Gasteiger partial charge in [0.2, 0.25) is 0 Å². The van der Waals surface area contributed by atoms with E-state index in [9.17, 15) is 0 Å². The fraction of sp³-hybridized carbons (Fsp3) is 0.385. The summed E-state index contributed by atoms with van der Waals surface area (Å²) in [5, 5.41) is 3.46. The normalized spacial score (nSPS) is 9.93. The van der Waals surface area contributed by atoms with E-state index in [-0.39, 0.29) is 0 Å². The predicted molar refractivity (Wildman–Crippen MR) is 76.3 cm³/mol. The molecule has 1 rings (SSSR count). The minimum Gasteiger partial charge on any atom is -0.384 e. The van der Waals surface area contributed by atoms with E-state index >= 15 is 0 Å². The Hall–Kier alpha value is -0.510. The van der Waals surface area contributed by atoms with Crippen molar-refractivity contribution in [1.29, 1.82) is 0 Å². The third-order valence-electron chi connectivity index (χ3n) is 2.27. The molecule has 0 saturated heterocycles. The van der Waals surface area contributed by atoms with Gasteiger partial charge in [0.25, 0.3) is 0 Å². The van der Waals surface area contributed by atoms with Gasteiger partial charge in [-0.1, -0.05) is 24.6 Å². The van der Waals surface area contributed by atoms with Crippen LogP contribution in [0.25, 0.3) is 0 Å². The van der Waals surface area contributed by atoms with E-state index in [0.717, 1.165) is 13.0 Å². The van der Waals surface area contributed by atoms with Crippen molar-refractivity contribution >= 4 is 28.3 Å². The average Bonchev–Trinajstić information content (AvgIpc) is 2.25. The molecule has 1 nitrogen and oxygen atoms in total. The number of halogens is 1. The van der Waals surface area contributed by atoms with Crippen LogP contribution in [0.1, 0.15) is 25.7 Å². The van der Waals surface area contributed by atoms with Crippen molar-refractivity contribution in [1.82, 2.24) is 0 Å². The average molecular weight is 315 g/mol. The third-order valence-corrected chi connectivity index (χ3v) is 3.22. The van der Waals surface area contributed by atoms with Crippen LogP contribution in [0.4, 0.5) is 5.69 Å². The summed E-state index contributed by atoms with van der Waals surface area (Å²) < 4.78 is 1.29. The molecule has 0 amide bonds. The molecule has 15 heavy (non-hydrogen) atoms. The second-order valence-electron chi connectivity index (χ2n) is 3.54. The van der Waals surface area contributed by atoms with E-state index in [1.807, 2.05) is 6.08 Å². The number of hydrogen-bond donors (Lipinski definition) is 1. The summed E-state index contributed by atoms with van der Waals surface area (Å²) in [5.41, 5.74) is 1.25. The Morgan fingerprint density at radius 2 is 2.00 bits per heavy atom. The highest BCUT2D eigenvalue weighted by Gasteiger charge is 1.95. The zero-order chi connectivity index (χ0) is 10.9. The van der Waals surface area contributed by atoms with Crippen molar-refractivity contribution in [2.75, 3.05) is 11.9 Å². The van der Waals surface area contributed by atoms with Gasteiger partial charge in [-0.3, -0.25) is 0 Å². The lowest BCUT2D eigenvalue weighted by Gasteiger charge is -2.07. The van der Waals surface area contributed by atoms with Crippen molar-refractivity contribution in [3.63, 3.8) is 0 Å². The highest BCUT2D eigenvalue weighted by Crippen LogP contribution is 2.16. The number of rotatable bonds is 7. The lowest BCUT2D eigenvalue weighted by Crippen LogP contribution is -2.02. The topological polar surface area (TPSA) is 12.0 Å². The standard InChI is InChI=1S/C13H18IN/c1-2-3-4-5-8-11-15-13-10-7-6-9-12(13)14/h2,6-7,9-10,15H,1,3-5,8,11H2. The molecule has 1 aromatic carbocycles. The van der Waals surface area contributed by atoms with Crippen LogP contribution in [-0.2, 0) is 0 Å². The number of allylic oxidation sites excluding steroid dienone is 1. The van der Waals surface area contributed by atoms with Crippen LogP contribution in [0.3, 0.4) is 0 Å². The van der Waals surface area contributed by atoms with E-state index in [2.05, 4.69) is 58.8 Å². The van der Waals surface area contributed by atoms with Crippen LogP contribution in [0.15, 0.2) is 36.9 Å². The second-order valence-corrected chi connectivity index (χ2v) is 4.71. The molecule has 0 saturated carbocycles. The first kappa shape index (κ1) is 12.6. The van der Waals surface area contributed by atoms with Gasteiger partial charge in [0.15, 0.2) is 0 Å². The maximum atomic E-state index is 3.72. The molecule has 0 aromatic heterocycles. The van der Waals surface area contributed by atoms with Gasteiger partial charge in [-0.25, -0.2) is 0 Å². The Bertz CT molecular complexity index is 296. The number of benzene rings is 1. The summed E-state index contributed by atoms with van der Waals surface area (Å²) in [7, 11) is 0. The highest BCUT2D eigenvalue weighted by atomic mass is 127. The van der Waals surface area contributed by atoms with Crippen LogP contribution in [0, 0.1) is 3.57 Å². The van der Waals surface area contributed by atoms with Crippen LogP contribution in [-0.4, -0.2) is 6.54 Å². The van der Waals surface area contributed by atoms with Crippen LogP contribution >= 0.6 is 22.6 Å². The SMILES string of the molecule is C=CCCCCCNc1ccccc1I. The molecule has 2 heteroatoms. The van der Waals surface area contributed by atoms with Crippen LogP contribution in [0.2, 0.25) is 0 Å². The van der Waals surface area contributed by atoms with Crippen molar-refractivity contribution in [3.8, 4) is 0 Å². The molecule has 1 aromatic rings. The van der Waals surface area contributed by atoms with E-state index < -0.39 is 0 Å². The first-order chi connectivity index (χ1) is 7.34. The molecule has 0 atom stereocenters. The highest BCUT2D eigenvalue weighted by molar-refractivity contribution is 14.1. The maximum absolute atomic E-state index is 3.72. The molecule has 0 fully saturated rings. The molecule has 1 N–H and O–H groups in total. The largest absolute Gasteiger partial charge is 0.384 e. The van der Waals surface area contributed by atoms with E-state index in [0.29, 0.717) is 0 Å². The minimum absolute atomic E-state index is 1.07. The van der Waals surface area contributed by atoms with E-state index in [1.54, 1.807) is 0 Å². The quantitative estimate of drug-likeness (QED) is 0.445. The summed E-state index contributed by atoms with van der Waals surface area (Å²) in [6.07, 6.45) is 6.91. The van der Waals surface area contributed by atoms with Crippen molar-refractivity contribution in [2.24, 2.45) is 0 Å². The number of anilines is 1. The summed E-state index contributed by atoms with van der Waals surface area (Å²) in [6, 6.07) is 8.39. The van der Waals surface area contributed by atoms with Crippen molar-refractivity contribution < 1.29 is 0 Å². The van der Waals surface area contributed by atoms with Gasteiger partial charge in [-0.05, 0) is 54.0 Å². The molecular weight excluding hydrogens is 297 g/mol. The molecular formula is C13H18IN. The summed E-state index contributed by atoms with van der Waals surface area (Å²) in [5.74, 6) is 0. The summed E-state index contributed by atoms with van der Waals surface area (Å²) in [4.78, 5) is 0. The number of hydrogen-bond acceptors (Lipinski definition) is 1. The number of unbranched alkanes of at least 4 members (excludes halogenated alkanes) is 3. The minimum atomic E-state index is 1.07. The van der Waals surface area contributed by atoms with Crippen LogP contribution < -0.4 is 5.32 Å². The number of para-hydroxylation sites is 1. The summed E-state index contributed by atoms with van der Waals surface area (Å²) in [6.45, 7) is 4.79. The predicted octanol–water partition coefficient (Wildman–Crippen LogP) is 4.45. The Morgan fingerprint density at radius 1 is 1.20 bits per heavy atom. The fourth-order valence-electron chi connectivity index (χ4n) is 1.42.